The van der Waals surface area contributed by atoms with Crippen LogP contribution < -0.4 is 9.47 Å². The Hall–Kier alpha value is -0.880. The fourth-order valence-corrected chi connectivity index (χ4v) is 2.13. The molecule has 0 atom stereocenters. The van der Waals surface area contributed by atoms with Crippen LogP contribution >= 0.6 is 46.4 Å². The van der Waals surface area contributed by atoms with Crippen molar-refractivity contribution in [2.45, 2.75) is 20.3 Å². The summed E-state index contributed by atoms with van der Waals surface area (Å²) in [5.74, 6) is -0.860. The normalized spacial score (nSPS) is 10.1. The maximum atomic E-state index is 14.2. The van der Waals surface area contributed by atoms with Crippen LogP contribution in [-0.4, -0.2) is 25.5 Å². The average Bonchev–Trinajstić information content (AvgIpc) is 2.50. The lowest BCUT2D eigenvalue weighted by atomic mass is 10.3. The summed E-state index contributed by atoms with van der Waals surface area (Å²) < 4.78 is 24.7. The summed E-state index contributed by atoms with van der Waals surface area (Å²) in [7, 11) is 0. The Labute approximate surface area is 160 Å². The third-order valence-electron chi connectivity index (χ3n) is 2.43. The van der Waals surface area contributed by atoms with Gasteiger partial charge in [0, 0.05) is 12.5 Å². The highest BCUT2D eigenvalue weighted by molar-refractivity contribution is 6.55. The van der Waals surface area contributed by atoms with Crippen molar-refractivity contribution in [1.29, 1.82) is 0 Å². The van der Waals surface area contributed by atoms with Crippen LogP contribution in [0.1, 0.15) is 20.3 Å². The van der Waals surface area contributed by atoms with Crippen LogP contribution in [0.4, 0.5) is 4.39 Å². The van der Waals surface area contributed by atoms with Crippen molar-refractivity contribution < 1.29 is 18.7 Å². The van der Waals surface area contributed by atoms with Crippen molar-refractivity contribution in [1.82, 2.24) is 0 Å². The first kappa shape index (κ1) is 21.2. The molecule has 134 valence electrons. The maximum absolute atomic E-state index is 14.2. The highest BCUT2D eigenvalue weighted by Gasteiger charge is 2.18. The molecule has 24 heavy (non-hydrogen) atoms. The van der Waals surface area contributed by atoms with Gasteiger partial charge in [-0.3, -0.25) is 0 Å². The van der Waals surface area contributed by atoms with Crippen LogP contribution in [0.15, 0.2) is 21.8 Å². The van der Waals surface area contributed by atoms with Crippen molar-refractivity contribution in [3.63, 3.8) is 0 Å². The van der Waals surface area contributed by atoms with Gasteiger partial charge in [0.1, 0.15) is 22.7 Å². The molecule has 0 N–H and O–H groups in total. The van der Waals surface area contributed by atoms with Gasteiger partial charge in [-0.2, -0.15) is 0 Å². The highest BCUT2D eigenvalue weighted by atomic mass is 35.5. The highest BCUT2D eigenvalue weighted by Crippen LogP contribution is 2.40. The van der Waals surface area contributed by atoms with E-state index >= 15 is 0 Å². The Morgan fingerprint density at radius 3 is 2.54 bits per heavy atom. The minimum atomic E-state index is -0.780. The van der Waals surface area contributed by atoms with Crippen molar-refractivity contribution in [3.8, 4) is 11.5 Å². The van der Waals surface area contributed by atoms with Crippen LogP contribution in [0.5, 0.6) is 11.5 Å². The van der Waals surface area contributed by atoms with E-state index in [0.29, 0.717) is 13.0 Å². The summed E-state index contributed by atoms with van der Waals surface area (Å²) in [6.45, 7) is 4.21. The van der Waals surface area contributed by atoms with Crippen molar-refractivity contribution in [2.75, 3.05) is 19.8 Å². The van der Waals surface area contributed by atoms with E-state index in [-0.39, 0.29) is 39.2 Å². The predicted molar refractivity (Wildman–Crippen MR) is 96.6 cm³/mol. The molecule has 0 saturated carbocycles. The summed E-state index contributed by atoms with van der Waals surface area (Å²) in [5, 5.41) is 3.64. The zero-order valence-corrected chi connectivity index (χ0v) is 16.1. The van der Waals surface area contributed by atoms with Crippen LogP contribution in [0.2, 0.25) is 10.0 Å². The van der Waals surface area contributed by atoms with E-state index in [1.165, 1.54) is 12.1 Å². The van der Waals surface area contributed by atoms with Crippen molar-refractivity contribution >= 4 is 52.1 Å². The zero-order valence-electron chi connectivity index (χ0n) is 13.0. The Balaban J connectivity index is 2.64. The maximum Gasteiger partial charge on any atom is 0.187 e. The van der Waals surface area contributed by atoms with Gasteiger partial charge in [-0.05, 0) is 19.9 Å². The second kappa shape index (κ2) is 10.9. The number of halogens is 5. The summed E-state index contributed by atoms with van der Waals surface area (Å²) >= 11 is 22.9. The van der Waals surface area contributed by atoms with Crippen molar-refractivity contribution in [3.05, 3.63) is 32.5 Å². The molecule has 0 radical (unpaired) electrons. The molecule has 0 heterocycles. The van der Waals surface area contributed by atoms with Gasteiger partial charge in [-0.25, -0.2) is 4.39 Å². The molecule has 0 bridgehead atoms. The van der Waals surface area contributed by atoms with Gasteiger partial charge in [0.2, 0.25) is 0 Å². The summed E-state index contributed by atoms with van der Waals surface area (Å²) in [5.41, 5.74) is 0.810. The van der Waals surface area contributed by atoms with E-state index in [1.54, 1.807) is 0 Å². The van der Waals surface area contributed by atoms with Gasteiger partial charge in [0.15, 0.2) is 17.3 Å². The Morgan fingerprint density at radius 2 is 1.92 bits per heavy atom. The molecule has 1 aromatic rings. The molecule has 0 aromatic heterocycles. The summed E-state index contributed by atoms with van der Waals surface area (Å²) in [6, 6.07) is 1.27. The second-order valence-electron chi connectivity index (χ2n) is 4.69. The third-order valence-corrected chi connectivity index (χ3v) is 3.36. The number of ether oxygens (including phenoxy) is 2. The monoisotopic (exact) mass is 417 g/mol. The first-order chi connectivity index (χ1) is 11.3. The molecule has 0 aliphatic carbocycles. The number of oxime groups is 1. The van der Waals surface area contributed by atoms with Crippen LogP contribution in [0.25, 0.3) is 0 Å². The summed E-state index contributed by atoms with van der Waals surface area (Å²) in [6.07, 6.45) is 1.89. The van der Waals surface area contributed by atoms with Gasteiger partial charge in [-0.1, -0.05) is 51.6 Å². The molecule has 4 nitrogen and oxygen atoms in total. The van der Waals surface area contributed by atoms with Gasteiger partial charge in [-0.15, -0.1) is 0 Å². The number of hydrogen-bond acceptors (Lipinski definition) is 4. The predicted octanol–water partition coefficient (Wildman–Crippen LogP) is 6.01. The molecule has 0 amide bonds. The van der Waals surface area contributed by atoms with E-state index in [4.69, 9.17) is 60.7 Å². The lowest BCUT2D eigenvalue weighted by Crippen LogP contribution is -2.04. The minimum Gasteiger partial charge on any atom is -0.490 e. The smallest absolute Gasteiger partial charge is 0.187 e. The zero-order chi connectivity index (χ0) is 18.1. The van der Waals surface area contributed by atoms with E-state index in [0.717, 1.165) is 5.71 Å². The quantitative estimate of drug-likeness (QED) is 0.213. The van der Waals surface area contributed by atoms with E-state index in [9.17, 15) is 4.39 Å². The molecule has 0 spiro atoms. The third kappa shape index (κ3) is 7.34. The van der Waals surface area contributed by atoms with Gasteiger partial charge in [0.25, 0.3) is 0 Å². The van der Waals surface area contributed by atoms with Gasteiger partial charge in [0.05, 0.1) is 17.3 Å². The molecule has 0 saturated heterocycles. The lowest BCUT2D eigenvalue weighted by Gasteiger charge is -2.13. The number of rotatable bonds is 9. The van der Waals surface area contributed by atoms with Crippen LogP contribution in [0, 0.1) is 5.82 Å². The number of benzene rings is 1. The Bertz CT molecular complexity index is 615. The molecule has 1 aromatic carbocycles. The largest absolute Gasteiger partial charge is 0.490 e. The molecule has 9 heteroatoms. The molecule has 0 fully saturated rings. The van der Waals surface area contributed by atoms with Gasteiger partial charge >= 0.3 is 0 Å². The molecule has 0 unspecified atom stereocenters. The average molecular weight is 419 g/mol. The Morgan fingerprint density at radius 1 is 1.21 bits per heavy atom. The fraction of sp³-hybridized carbons (Fsp3) is 0.400. The van der Waals surface area contributed by atoms with Crippen LogP contribution in [0.3, 0.4) is 0 Å². The minimum absolute atomic E-state index is 0.0115. The first-order valence-corrected chi connectivity index (χ1v) is 8.41. The lowest BCUT2D eigenvalue weighted by molar-refractivity contribution is 0.127. The molecule has 0 aliphatic rings. The topological polar surface area (TPSA) is 40.0 Å². The van der Waals surface area contributed by atoms with E-state index in [2.05, 4.69) is 5.16 Å². The number of hydrogen-bond donors (Lipinski definition) is 0. The van der Waals surface area contributed by atoms with E-state index < -0.39 is 5.82 Å². The molecule has 0 aliphatic heterocycles. The van der Waals surface area contributed by atoms with E-state index in [1.807, 2.05) is 13.8 Å². The van der Waals surface area contributed by atoms with Gasteiger partial charge < -0.3 is 14.3 Å². The molecular formula is C15H16Cl4FNO3. The number of nitrogens with zero attached hydrogens (tertiary/aromatic N) is 1. The molecule has 1 rings (SSSR count). The SMILES string of the molecule is CC(C)=NOCCCOc1c(Cl)cc(OCC=C(Cl)Cl)c(F)c1Cl. The first-order valence-electron chi connectivity index (χ1n) is 6.90. The fourth-order valence-electron chi connectivity index (χ4n) is 1.46. The Kier molecular flexibility index (Phi) is 9.59. The summed E-state index contributed by atoms with van der Waals surface area (Å²) in [4.78, 5) is 5.02. The van der Waals surface area contributed by atoms with Crippen molar-refractivity contribution in [2.24, 2.45) is 5.16 Å². The molecular weight excluding hydrogens is 403 g/mol. The van der Waals surface area contributed by atoms with Crippen LogP contribution in [-0.2, 0) is 4.84 Å². The second-order valence-corrected chi connectivity index (χ2v) is 6.49. The standard InChI is InChI=1S/C15H16Cl4FNO3/c1-9(2)21-24-6-3-5-23-15-10(16)8-11(14(20)13(15)19)22-7-4-12(17)18/h4,8H,3,5-7H2,1-2H3.